The Morgan fingerprint density at radius 1 is 0.941 bits per heavy atom. The van der Waals surface area contributed by atoms with Gasteiger partial charge in [-0.05, 0) is 54.2 Å². The van der Waals surface area contributed by atoms with Gasteiger partial charge in [-0.2, -0.15) is 5.10 Å². The third-order valence-electron chi connectivity index (χ3n) is 5.87. The maximum atomic E-state index is 13.0. The van der Waals surface area contributed by atoms with Crippen LogP contribution in [0.25, 0.3) is 11.4 Å². The second-order valence-electron chi connectivity index (χ2n) is 7.96. The molecule has 0 aliphatic carbocycles. The Bertz CT molecular complexity index is 1210. The molecule has 1 aliphatic rings. The van der Waals surface area contributed by atoms with E-state index >= 15 is 0 Å². The molecule has 3 aromatic rings. The Balaban J connectivity index is 1.35. The number of benzene rings is 2. The number of methoxy groups -OCH3 is 2. The summed E-state index contributed by atoms with van der Waals surface area (Å²) in [5.41, 5.74) is 1.73. The highest BCUT2D eigenvalue weighted by molar-refractivity contribution is 7.71. The monoisotopic (exact) mass is 481 g/mol. The van der Waals surface area contributed by atoms with Gasteiger partial charge in [-0.3, -0.25) is 19.3 Å². The lowest BCUT2D eigenvalue weighted by atomic mass is 10.1. The van der Waals surface area contributed by atoms with Crippen molar-refractivity contribution in [3.63, 3.8) is 0 Å². The van der Waals surface area contributed by atoms with Crippen LogP contribution in [0.2, 0.25) is 0 Å². The first-order valence-electron chi connectivity index (χ1n) is 11.0. The highest BCUT2D eigenvalue weighted by atomic mass is 32.1. The Kier molecular flexibility index (Phi) is 7.27. The van der Waals surface area contributed by atoms with Crippen molar-refractivity contribution in [2.75, 3.05) is 40.4 Å². The molecule has 1 fully saturated rings. The number of hydrogen-bond donors (Lipinski definition) is 1. The van der Waals surface area contributed by atoms with E-state index in [4.69, 9.17) is 21.7 Å². The van der Waals surface area contributed by atoms with E-state index in [1.165, 1.54) is 0 Å². The molecule has 34 heavy (non-hydrogen) atoms. The number of rotatable bonds is 7. The first-order valence-corrected chi connectivity index (χ1v) is 11.4. The zero-order chi connectivity index (χ0) is 24.1. The zero-order valence-corrected chi connectivity index (χ0v) is 20.0. The number of aromatic amines is 1. The summed E-state index contributed by atoms with van der Waals surface area (Å²) in [5, 5.41) is 7.08. The third kappa shape index (κ3) is 5.28. The van der Waals surface area contributed by atoms with E-state index in [1.807, 2.05) is 48.5 Å². The quantitative estimate of drug-likeness (QED) is 0.522. The van der Waals surface area contributed by atoms with E-state index in [1.54, 1.807) is 28.6 Å². The van der Waals surface area contributed by atoms with Gasteiger partial charge in [-0.25, -0.2) is 0 Å². The second-order valence-corrected chi connectivity index (χ2v) is 8.34. The van der Waals surface area contributed by atoms with Crippen LogP contribution in [0.15, 0.2) is 48.5 Å². The summed E-state index contributed by atoms with van der Waals surface area (Å²) in [7, 11) is 3.21. The standard InChI is InChI=1S/C24H27N5O4S/c1-32-19-8-6-18(7-9-19)23-25-26-24(34)29(23)16-22(31)28-12-10-27(11-13-28)21(30)15-17-4-3-5-20(14-17)33-2/h3-9,14H,10-13,15-16H2,1-2H3,(H,26,34). The minimum absolute atomic E-state index is 0.0409. The first-order chi connectivity index (χ1) is 16.5. The van der Waals surface area contributed by atoms with E-state index < -0.39 is 0 Å². The van der Waals surface area contributed by atoms with E-state index in [0.717, 1.165) is 22.6 Å². The molecular weight excluding hydrogens is 454 g/mol. The molecule has 178 valence electrons. The summed E-state index contributed by atoms with van der Waals surface area (Å²) in [6.45, 7) is 2.03. The Morgan fingerprint density at radius 3 is 2.24 bits per heavy atom. The summed E-state index contributed by atoms with van der Waals surface area (Å²) in [5.74, 6) is 2.03. The zero-order valence-electron chi connectivity index (χ0n) is 19.2. The molecule has 1 aliphatic heterocycles. The first kappa shape index (κ1) is 23.5. The van der Waals surface area contributed by atoms with Gasteiger partial charge in [0.2, 0.25) is 11.8 Å². The van der Waals surface area contributed by atoms with E-state index in [-0.39, 0.29) is 18.4 Å². The summed E-state index contributed by atoms with van der Waals surface area (Å²) in [4.78, 5) is 29.3. The van der Waals surface area contributed by atoms with Crippen LogP contribution in [0, 0.1) is 4.77 Å². The number of piperazine rings is 1. The van der Waals surface area contributed by atoms with Crippen molar-refractivity contribution in [3.05, 3.63) is 58.9 Å². The van der Waals surface area contributed by atoms with Gasteiger partial charge in [-0.15, -0.1) is 0 Å². The number of nitrogens with one attached hydrogen (secondary N) is 1. The number of aromatic nitrogens is 3. The summed E-state index contributed by atoms with van der Waals surface area (Å²) in [6, 6.07) is 14.9. The molecule has 0 bridgehead atoms. The van der Waals surface area contributed by atoms with Gasteiger partial charge in [0.25, 0.3) is 0 Å². The van der Waals surface area contributed by atoms with Crippen LogP contribution in [-0.2, 0) is 22.6 Å². The lowest BCUT2D eigenvalue weighted by Crippen LogP contribution is -2.51. The number of amides is 2. The highest BCUT2D eigenvalue weighted by Crippen LogP contribution is 2.21. The molecule has 0 spiro atoms. The average molecular weight is 482 g/mol. The molecule has 0 saturated carbocycles. The van der Waals surface area contributed by atoms with Crippen molar-refractivity contribution in [2.45, 2.75) is 13.0 Å². The lowest BCUT2D eigenvalue weighted by Gasteiger charge is -2.35. The Hall–Kier alpha value is -3.66. The van der Waals surface area contributed by atoms with Crippen LogP contribution >= 0.6 is 12.2 Å². The van der Waals surface area contributed by atoms with Crippen LogP contribution in [0.4, 0.5) is 0 Å². The van der Waals surface area contributed by atoms with Crippen molar-refractivity contribution in [1.82, 2.24) is 24.6 Å². The predicted molar refractivity (Wildman–Crippen MR) is 129 cm³/mol. The summed E-state index contributed by atoms with van der Waals surface area (Å²) in [6.07, 6.45) is 0.306. The molecule has 2 heterocycles. The fraction of sp³-hybridized carbons (Fsp3) is 0.333. The molecule has 0 unspecified atom stereocenters. The average Bonchev–Trinajstić information content (AvgIpc) is 3.24. The molecule has 2 amide bonds. The molecule has 1 aromatic heterocycles. The normalized spacial score (nSPS) is 13.6. The predicted octanol–water partition coefficient (Wildman–Crippen LogP) is 2.54. The van der Waals surface area contributed by atoms with Crippen LogP contribution in [0.1, 0.15) is 5.56 Å². The molecule has 0 atom stereocenters. The lowest BCUT2D eigenvalue weighted by molar-refractivity contribution is -0.139. The van der Waals surface area contributed by atoms with E-state index in [2.05, 4.69) is 10.2 Å². The number of H-pyrrole nitrogens is 1. The smallest absolute Gasteiger partial charge is 0.242 e. The number of carbonyl (C=O) groups excluding carboxylic acids is 2. The third-order valence-corrected chi connectivity index (χ3v) is 6.19. The van der Waals surface area contributed by atoms with Crippen molar-refractivity contribution in [3.8, 4) is 22.9 Å². The number of ether oxygens (including phenoxy) is 2. The van der Waals surface area contributed by atoms with E-state index in [0.29, 0.717) is 43.2 Å². The van der Waals surface area contributed by atoms with Gasteiger partial charge in [0.1, 0.15) is 18.0 Å². The maximum Gasteiger partial charge on any atom is 0.242 e. The van der Waals surface area contributed by atoms with Crippen LogP contribution < -0.4 is 9.47 Å². The Morgan fingerprint density at radius 2 is 1.59 bits per heavy atom. The van der Waals surface area contributed by atoms with Crippen LogP contribution in [-0.4, -0.2) is 76.8 Å². The van der Waals surface area contributed by atoms with Crippen molar-refractivity contribution >= 4 is 24.0 Å². The van der Waals surface area contributed by atoms with Crippen molar-refractivity contribution < 1.29 is 19.1 Å². The molecule has 1 N–H and O–H groups in total. The number of nitrogens with zero attached hydrogens (tertiary/aromatic N) is 4. The summed E-state index contributed by atoms with van der Waals surface area (Å²) < 4.78 is 12.5. The van der Waals surface area contributed by atoms with Crippen LogP contribution in [0.5, 0.6) is 11.5 Å². The minimum Gasteiger partial charge on any atom is -0.497 e. The van der Waals surface area contributed by atoms with Gasteiger partial charge in [-0.1, -0.05) is 12.1 Å². The van der Waals surface area contributed by atoms with E-state index in [9.17, 15) is 9.59 Å². The largest absolute Gasteiger partial charge is 0.497 e. The maximum absolute atomic E-state index is 13.0. The van der Waals surface area contributed by atoms with Gasteiger partial charge in [0.05, 0.1) is 20.6 Å². The van der Waals surface area contributed by atoms with Crippen molar-refractivity contribution in [2.24, 2.45) is 0 Å². The fourth-order valence-corrected chi connectivity index (χ4v) is 4.13. The molecule has 1 saturated heterocycles. The Labute approximate surface area is 202 Å². The van der Waals surface area contributed by atoms with Gasteiger partial charge < -0.3 is 19.3 Å². The second kappa shape index (κ2) is 10.5. The molecule has 0 radical (unpaired) electrons. The molecular formula is C24H27N5O4S. The number of hydrogen-bond acceptors (Lipinski definition) is 6. The molecule has 2 aromatic carbocycles. The van der Waals surface area contributed by atoms with Gasteiger partial charge in [0, 0.05) is 31.7 Å². The molecule has 4 rings (SSSR count). The highest BCUT2D eigenvalue weighted by Gasteiger charge is 2.25. The topological polar surface area (TPSA) is 92.7 Å². The van der Waals surface area contributed by atoms with Crippen LogP contribution in [0.3, 0.4) is 0 Å². The fourth-order valence-electron chi connectivity index (χ4n) is 3.93. The van der Waals surface area contributed by atoms with Gasteiger partial charge >= 0.3 is 0 Å². The van der Waals surface area contributed by atoms with Crippen molar-refractivity contribution in [1.29, 1.82) is 0 Å². The minimum atomic E-state index is -0.0628. The molecule has 10 heteroatoms. The number of carbonyl (C=O) groups is 2. The summed E-state index contributed by atoms with van der Waals surface area (Å²) >= 11 is 5.36. The molecule has 9 nitrogen and oxygen atoms in total. The van der Waals surface area contributed by atoms with Gasteiger partial charge in [0.15, 0.2) is 10.6 Å². The SMILES string of the molecule is COc1ccc(-c2n[nH]c(=S)n2CC(=O)N2CCN(C(=O)Cc3cccc(OC)c3)CC2)cc1.